The molecular formula is C10H14O4. The lowest BCUT2D eigenvalue weighted by Gasteiger charge is -2.33. The Morgan fingerprint density at radius 3 is 2.50 bits per heavy atom. The van der Waals surface area contributed by atoms with Gasteiger partial charge in [0.15, 0.2) is 5.79 Å². The van der Waals surface area contributed by atoms with Crippen LogP contribution in [0.25, 0.3) is 0 Å². The van der Waals surface area contributed by atoms with Crippen molar-refractivity contribution in [3.63, 3.8) is 0 Å². The molecule has 2 bridgehead atoms. The number of aliphatic carboxylic acids is 1. The topological polar surface area (TPSA) is 55.8 Å². The minimum atomic E-state index is -0.648. The van der Waals surface area contributed by atoms with E-state index in [2.05, 4.69) is 0 Å². The van der Waals surface area contributed by atoms with Gasteiger partial charge < -0.3 is 14.6 Å². The van der Waals surface area contributed by atoms with Gasteiger partial charge in [-0.05, 0) is 18.8 Å². The summed E-state index contributed by atoms with van der Waals surface area (Å²) in [5.41, 5.74) is 0. The number of carbonyl (C=O) groups is 1. The zero-order valence-electron chi connectivity index (χ0n) is 7.94. The second kappa shape index (κ2) is 2.70. The van der Waals surface area contributed by atoms with Crippen LogP contribution < -0.4 is 0 Å². The predicted molar refractivity (Wildman–Crippen MR) is 46.6 cm³/mol. The number of hydrogen-bond donors (Lipinski definition) is 1. The van der Waals surface area contributed by atoms with Crippen molar-refractivity contribution in [3.05, 3.63) is 0 Å². The Morgan fingerprint density at radius 2 is 2.00 bits per heavy atom. The minimum absolute atomic E-state index is 0.154. The third-order valence-corrected chi connectivity index (χ3v) is 3.96. The molecule has 3 fully saturated rings. The first-order valence-corrected chi connectivity index (χ1v) is 5.22. The Kier molecular flexibility index (Phi) is 1.67. The lowest BCUT2D eigenvalue weighted by Crippen LogP contribution is -2.39. The lowest BCUT2D eigenvalue weighted by atomic mass is 9.85. The molecule has 4 nitrogen and oxygen atoms in total. The SMILES string of the molecule is O=C(O)C1C[C@H]2C[C@@H]1CC21OCCO1. The Hall–Kier alpha value is -0.610. The molecule has 2 aliphatic carbocycles. The van der Waals surface area contributed by atoms with Crippen LogP contribution in [0.2, 0.25) is 0 Å². The first kappa shape index (κ1) is 8.68. The third kappa shape index (κ3) is 0.982. The molecule has 1 saturated heterocycles. The Balaban J connectivity index is 1.79. The molecule has 1 spiro atoms. The molecule has 0 radical (unpaired) electrons. The van der Waals surface area contributed by atoms with Gasteiger partial charge in [-0.2, -0.15) is 0 Å². The van der Waals surface area contributed by atoms with Crippen molar-refractivity contribution in [2.24, 2.45) is 17.8 Å². The molecule has 1 unspecified atom stereocenters. The highest BCUT2D eigenvalue weighted by molar-refractivity contribution is 5.71. The van der Waals surface area contributed by atoms with Gasteiger partial charge in [-0.15, -0.1) is 0 Å². The summed E-state index contributed by atoms with van der Waals surface area (Å²) in [7, 11) is 0. The highest BCUT2D eigenvalue weighted by atomic mass is 16.7. The van der Waals surface area contributed by atoms with Gasteiger partial charge in [-0.25, -0.2) is 0 Å². The second-order valence-electron chi connectivity index (χ2n) is 4.59. The van der Waals surface area contributed by atoms with Gasteiger partial charge in [-0.3, -0.25) is 4.79 Å². The monoisotopic (exact) mass is 198 g/mol. The van der Waals surface area contributed by atoms with Crippen LogP contribution in [0.5, 0.6) is 0 Å². The molecule has 0 aromatic rings. The zero-order chi connectivity index (χ0) is 9.76. The number of rotatable bonds is 1. The lowest BCUT2D eigenvalue weighted by molar-refractivity contribution is -0.197. The number of fused-ring (bicyclic) bond motifs is 3. The number of ether oxygens (including phenoxy) is 2. The van der Waals surface area contributed by atoms with Gasteiger partial charge in [0, 0.05) is 12.3 Å². The summed E-state index contributed by atoms with van der Waals surface area (Å²) in [6, 6.07) is 0. The quantitative estimate of drug-likeness (QED) is 0.679. The third-order valence-electron chi connectivity index (χ3n) is 3.96. The van der Waals surface area contributed by atoms with Gasteiger partial charge in [0.1, 0.15) is 0 Å². The standard InChI is InChI=1S/C10H14O4/c11-9(12)8-4-7-3-6(8)5-10(7)13-1-2-14-10/h6-8H,1-5H2,(H,11,12)/t6-,7-,8?/m1/s1. The van der Waals surface area contributed by atoms with Gasteiger partial charge in [0.05, 0.1) is 19.1 Å². The Bertz CT molecular complexity index is 269. The molecule has 3 atom stereocenters. The maximum absolute atomic E-state index is 10.9. The highest BCUT2D eigenvalue weighted by Gasteiger charge is 2.60. The number of hydrogen-bond acceptors (Lipinski definition) is 3. The molecule has 1 N–H and O–H groups in total. The first-order valence-electron chi connectivity index (χ1n) is 5.22. The van der Waals surface area contributed by atoms with E-state index >= 15 is 0 Å². The van der Waals surface area contributed by atoms with Crippen molar-refractivity contribution in [1.82, 2.24) is 0 Å². The van der Waals surface area contributed by atoms with Crippen molar-refractivity contribution in [3.8, 4) is 0 Å². The highest BCUT2D eigenvalue weighted by Crippen LogP contribution is 2.56. The van der Waals surface area contributed by atoms with E-state index in [4.69, 9.17) is 14.6 Å². The van der Waals surface area contributed by atoms with E-state index < -0.39 is 11.8 Å². The number of carboxylic acids is 1. The summed E-state index contributed by atoms with van der Waals surface area (Å²) >= 11 is 0. The summed E-state index contributed by atoms with van der Waals surface area (Å²) < 4.78 is 11.3. The molecule has 0 amide bonds. The maximum atomic E-state index is 10.9. The molecule has 1 aliphatic heterocycles. The first-order chi connectivity index (χ1) is 6.71. The van der Waals surface area contributed by atoms with E-state index in [1.165, 1.54) is 0 Å². The molecule has 0 aromatic heterocycles. The molecule has 4 heteroatoms. The van der Waals surface area contributed by atoms with E-state index in [1.54, 1.807) is 0 Å². The maximum Gasteiger partial charge on any atom is 0.306 e. The molecular weight excluding hydrogens is 184 g/mol. The van der Waals surface area contributed by atoms with Gasteiger partial charge in [0.25, 0.3) is 0 Å². The van der Waals surface area contributed by atoms with Gasteiger partial charge >= 0.3 is 5.97 Å². The van der Waals surface area contributed by atoms with E-state index in [1.807, 2.05) is 0 Å². The van der Waals surface area contributed by atoms with E-state index in [0.717, 1.165) is 19.3 Å². The fourth-order valence-corrected chi connectivity index (χ4v) is 3.37. The zero-order valence-corrected chi connectivity index (χ0v) is 7.94. The van der Waals surface area contributed by atoms with E-state index in [-0.39, 0.29) is 11.8 Å². The largest absolute Gasteiger partial charge is 0.481 e. The molecule has 2 saturated carbocycles. The van der Waals surface area contributed by atoms with Crippen molar-refractivity contribution in [2.75, 3.05) is 13.2 Å². The predicted octanol–water partition coefficient (Wildman–Crippen LogP) is 0.860. The average molecular weight is 198 g/mol. The molecule has 1 heterocycles. The van der Waals surface area contributed by atoms with Crippen LogP contribution in [-0.4, -0.2) is 30.1 Å². The van der Waals surface area contributed by atoms with Crippen molar-refractivity contribution < 1.29 is 19.4 Å². The van der Waals surface area contributed by atoms with Crippen LogP contribution in [0, 0.1) is 17.8 Å². The number of carboxylic acid groups (broad SMARTS) is 1. The van der Waals surface area contributed by atoms with Crippen LogP contribution >= 0.6 is 0 Å². The van der Waals surface area contributed by atoms with Crippen LogP contribution in [0.1, 0.15) is 19.3 Å². The van der Waals surface area contributed by atoms with Crippen LogP contribution in [0.3, 0.4) is 0 Å². The smallest absolute Gasteiger partial charge is 0.306 e. The minimum Gasteiger partial charge on any atom is -0.481 e. The molecule has 0 aromatic carbocycles. The molecule has 78 valence electrons. The van der Waals surface area contributed by atoms with E-state index in [0.29, 0.717) is 19.1 Å². The van der Waals surface area contributed by atoms with E-state index in [9.17, 15) is 4.79 Å². The fourth-order valence-electron chi connectivity index (χ4n) is 3.37. The normalized spacial score (nSPS) is 43.6. The Morgan fingerprint density at radius 1 is 1.29 bits per heavy atom. The summed E-state index contributed by atoms with van der Waals surface area (Å²) in [6.45, 7) is 1.34. The summed E-state index contributed by atoms with van der Waals surface area (Å²) in [5.74, 6) is -0.605. The average Bonchev–Trinajstić information content (AvgIpc) is 2.79. The summed E-state index contributed by atoms with van der Waals surface area (Å²) in [4.78, 5) is 10.9. The summed E-state index contributed by atoms with van der Waals surface area (Å²) in [5, 5.41) is 8.98. The van der Waals surface area contributed by atoms with Crippen LogP contribution in [0.4, 0.5) is 0 Å². The molecule has 14 heavy (non-hydrogen) atoms. The molecule has 3 aliphatic rings. The van der Waals surface area contributed by atoms with Crippen molar-refractivity contribution in [1.29, 1.82) is 0 Å². The van der Waals surface area contributed by atoms with Gasteiger partial charge in [-0.1, -0.05) is 0 Å². The fraction of sp³-hybridized carbons (Fsp3) is 0.900. The van der Waals surface area contributed by atoms with Crippen molar-refractivity contribution in [2.45, 2.75) is 25.0 Å². The van der Waals surface area contributed by atoms with Crippen LogP contribution in [-0.2, 0) is 14.3 Å². The Labute approximate surface area is 82.2 Å². The van der Waals surface area contributed by atoms with Crippen LogP contribution in [0.15, 0.2) is 0 Å². The van der Waals surface area contributed by atoms with Gasteiger partial charge in [0.2, 0.25) is 0 Å². The second-order valence-corrected chi connectivity index (χ2v) is 4.59. The molecule has 3 rings (SSSR count). The summed E-state index contributed by atoms with van der Waals surface area (Å²) in [6.07, 6.45) is 2.49. The van der Waals surface area contributed by atoms with Crippen molar-refractivity contribution >= 4 is 5.97 Å².